The third kappa shape index (κ3) is 2.93. The minimum Gasteiger partial charge on any atom is -0.508 e. The van der Waals surface area contributed by atoms with Gasteiger partial charge in [-0.25, -0.2) is 0 Å². The largest absolute Gasteiger partial charge is 0.508 e. The molecule has 1 unspecified atom stereocenters. The van der Waals surface area contributed by atoms with Crippen LogP contribution in [0.3, 0.4) is 0 Å². The summed E-state index contributed by atoms with van der Waals surface area (Å²) in [4.78, 5) is 14.9. The van der Waals surface area contributed by atoms with E-state index < -0.39 is 0 Å². The van der Waals surface area contributed by atoms with Gasteiger partial charge < -0.3 is 15.1 Å². The van der Waals surface area contributed by atoms with E-state index in [9.17, 15) is 15.0 Å². The quantitative estimate of drug-likeness (QED) is 0.731. The van der Waals surface area contributed by atoms with Crippen LogP contribution in [0.2, 0.25) is 0 Å². The van der Waals surface area contributed by atoms with Gasteiger partial charge in [0.2, 0.25) is 0 Å². The topological polar surface area (TPSA) is 78.6 Å². The number of hydrogen-bond donors (Lipinski definition) is 2. The first kappa shape index (κ1) is 17.1. The first-order chi connectivity index (χ1) is 13.0. The summed E-state index contributed by atoms with van der Waals surface area (Å²) >= 11 is 0. The average molecular weight is 363 g/mol. The highest BCUT2D eigenvalue weighted by Crippen LogP contribution is 2.36. The van der Waals surface area contributed by atoms with E-state index in [2.05, 4.69) is 11.2 Å². The summed E-state index contributed by atoms with van der Waals surface area (Å²) in [6.45, 7) is 2.01. The Hall–Kier alpha value is -3.28. The Morgan fingerprint density at radius 1 is 1.15 bits per heavy atom. The molecule has 6 nitrogen and oxygen atoms in total. The van der Waals surface area contributed by atoms with Gasteiger partial charge in [0.05, 0.1) is 11.3 Å². The molecule has 3 aromatic rings. The zero-order chi connectivity index (χ0) is 19.1. The van der Waals surface area contributed by atoms with Crippen LogP contribution >= 0.6 is 0 Å². The summed E-state index contributed by atoms with van der Waals surface area (Å²) in [5, 5.41) is 23.8. The Bertz CT molecular complexity index is 1030. The van der Waals surface area contributed by atoms with Gasteiger partial charge in [-0.15, -0.1) is 0 Å². The number of aromatic hydroxyl groups is 2. The maximum Gasteiger partial charge on any atom is 0.262 e. The monoisotopic (exact) mass is 363 g/mol. The van der Waals surface area contributed by atoms with E-state index in [0.717, 1.165) is 35.3 Å². The second kappa shape index (κ2) is 6.46. The van der Waals surface area contributed by atoms with E-state index in [4.69, 9.17) is 0 Å². The number of rotatable bonds is 2. The lowest BCUT2D eigenvalue weighted by Gasteiger charge is -2.35. The van der Waals surface area contributed by atoms with E-state index in [0.29, 0.717) is 0 Å². The highest BCUT2D eigenvalue weighted by molar-refractivity contribution is 6.09. The van der Waals surface area contributed by atoms with Crippen LogP contribution in [0.5, 0.6) is 11.5 Å². The Labute approximate surface area is 157 Å². The Kier molecular flexibility index (Phi) is 4.11. The fraction of sp³-hybridized carbons (Fsp3) is 0.238. The van der Waals surface area contributed by atoms with E-state index >= 15 is 0 Å². The van der Waals surface area contributed by atoms with Crippen LogP contribution in [0.15, 0.2) is 48.7 Å². The van der Waals surface area contributed by atoms with Gasteiger partial charge in [-0.1, -0.05) is 6.07 Å². The third-order valence-electron chi connectivity index (χ3n) is 5.16. The Balaban J connectivity index is 1.75. The van der Waals surface area contributed by atoms with Crippen molar-refractivity contribution in [3.05, 3.63) is 59.8 Å². The second-order valence-corrected chi connectivity index (χ2v) is 6.95. The van der Waals surface area contributed by atoms with Crippen molar-refractivity contribution in [2.24, 2.45) is 7.05 Å². The molecule has 6 heteroatoms. The third-order valence-corrected chi connectivity index (χ3v) is 5.16. The standard InChI is InChI=1S/C21H21N3O3/c1-13-3-4-15-11-14(18-9-10-22-23(18)2)5-8-19(15)24(13)21(27)17-7-6-16(25)12-20(17)26/h5-13,25-26H,3-4H2,1-2H3. The molecule has 1 atom stereocenters. The molecule has 2 heterocycles. The number of aryl methyl sites for hydroxylation is 2. The zero-order valence-electron chi connectivity index (χ0n) is 15.3. The molecule has 138 valence electrons. The van der Waals surface area contributed by atoms with Crippen molar-refractivity contribution >= 4 is 11.6 Å². The summed E-state index contributed by atoms with van der Waals surface area (Å²) in [6.07, 6.45) is 3.49. The number of phenolic OH excluding ortho intramolecular Hbond substituents is 2. The van der Waals surface area contributed by atoms with Crippen molar-refractivity contribution < 1.29 is 15.0 Å². The molecule has 0 saturated heterocycles. The fourth-order valence-corrected chi connectivity index (χ4v) is 3.71. The molecule has 2 N–H and O–H groups in total. The van der Waals surface area contributed by atoms with Gasteiger partial charge >= 0.3 is 0 Å². The van der Waals surface area contributed by atoms with Crippen molar-refractivity contribution in [2.75, 3.05) is 4.90 Å². The zero-order valence-corrected chi connectivity index (χ0v) is 15.3. The molecule has 1 aliphatic heterocycles. The van der Waals surface area contributed by atoms with Gasteiger partial charge in [0.25, 0.3) is 5.91 Å². The smallest absolute Gasteiger partial charge is 0.262 e. The SMILES string of the molecule is CC1CCc2cc(-c3ccnn3C)ccc2N1C(=O)c1ccc(O)cc1O. The second-order valence-electron chi connectivity index (χ2n) is 6.95. The summed E-state index contributed by atoms with van der Waals surface area (Å²) in [5.74, 6) is -0.558. The van der Waals surface area contributed by atoms with Crippen molar-refractivity contribution in [3.8, 4) is 22.8 Å². The molecule has 1 aromatic heterocycles. The predicted molar refractivity (Wildman–Crippen MR) is 103 cm³/mol. The molecular weight excluding hydrogens is 342 g/mol. The van der Waals surface area contributed by atoms with Gasteiger partial charge in [-0.3, -0.25) is 9.48 Å². The van der Waals surface area contributed by atoms with E-state index in [1.807, 2.05) is 36.9 Å². The number of amides is 1. The van der Waals surface area contributed by atoms with Crippen LogP contribution in [-0.4, -0.2) is 31.9 Å². The van der Waals surface area contributed by atoms with Crippen molar-refractivity contribution in [1.82, 2.24) is 9.78 Å². The number of phenols is 2. The molecule has 1 amide bonds. The summed E-state index contributed by atoms with van der Waals surface area (Å²) in [7, 11) is 1.90. The predicted octanol–water partition coefficient (Wildman–Crippen LogP) is 3.48. The molecule has 0 radical (unpaired) electrons. The van der Waals surface area contributed by atoms with Crippen LogP contribution in [0.1, 0.15) is 29.3 Å². The van der Waals surface area contributed by atoms with Gasteiger partial charge in [0.15, 0.2) is 0 Å². The van der Waals surface area contributed by atoms with Crippen LogP contribution < -0.4 is 4.90 Å². The lowest BCUT2D eigenvalue weighted by atomic mass is 9.93. The highest BCUT2D eigenvalue weighted by Gasteiger charge is 2.30. The van der Waals surface area contributed by atoms with E-state index in [1.165, 1.54) is 18.2 Å². The molecular formula is C21H21N3O3. The number of nitrogens with zero attached hydrogens (tertiary/aromatic N) is 3. The lowest BCUT2D eigenvalue weighted by molar-refractivity contribution is 0.0972. The minimum absolute atomic E-state index is 0.0146. The van der Waals surface area contributed by atoms with E-state index in [1.54, 1.807) is 11.1 Å². The van der Waals surface area contributed by atoms with Crippen LogP contribution in [0, 0.1) is 0 Å². The molecule has 0 saturated carbocycles. The average Bonchev–Trinajstić information content (AvgIpc) is 3.07. The molecule has 2 aromatic carbocycles. The number of carbonyl (C=O) groups excluding carboxylic acids is 1. The normalized spacial score (nSPS) is 16.2. The first-order valence-electron chi connectivity index (χ1n) is 8.92. The number of benzene rings is 2. The molecule has 4 rings (SSSR count). The minimum atomic E-state index is -0.269. The van der Waals surface area contributed by atoms with Gasteiger partial charge in [0, 0.05) is 36.6 Å². The van der Waals surface area contributed by atoms with Gasteiger partial charge in [0.1, 0.15) is 11.5 Å². The fourth-order valence-electron chi connectivity index (χ4n) is 3.71. The Morgan fingerprint density at radius 2 is 1.96 bits per heavy atom. The number of fused-ring (bicyclic) bond motifs is 1. The number of hydrogen-bond acceptors (Lipinski definition) is 4. The van der Waals surface area contributed by atoms with Gasteiger partial charge in [-0.05, 0) is 55.7 Å². The van der Waals surface area contributed by atoms with Crippen LogP contribution in [-0.2, 0) is 13.5 Å². The highest BCUT2D eigenvalue weighted by atomic mass is 16.3. The molecule has 0 spiro atoms. The van der Waals surface area contributed by atoms with Crippen molar-refractivity contribution in [1.29, 1.82) is 0 Å². The maximum absolute atomic E-state index is 13.1. The molecule has 0 aliphatic carbocycles. The van der Waals surface area contributed by atoms with Crippen LogP contribution in [0.4, 0.5) is 5.69 Å². The first-order valence-corrected chi connectivity index (χ1v) is 8.92. The van der Waals surface area contributed by atoms with Crippen molar-refractivity contribution in [2.45, 2.75) is 25.8 Å². The summed E-state index contributed by atoms with van der Waals surface area (Å²) in [5.41, 5.74) is 4.22. The number of aromatic nitrogens is 2. The maximum atomic E-state index is 13.1. The molecule has 0 fully saturated rings. The molecule has 0 bridgehead atoms. The summed E-state index contributed by atoms with van der Waals surface area (Å²) in [6, 6.07) is 12.1. The molecule has 27 heavy (non-hydrogen) atoms. The van der Waals surface area contributed by atoms with Crippen molar-refractivity contribution in [3.63, 3.8) is 0 Å². The number of carbonyl (C=O) groups is 1. The van der Waals surface area contributed by atoms with E-state index in [-0.39, 0.29) is 29.0 Å². The van der Waals surface area contributed by atoms with Gasteiger partial charge in [-0.2, -0.15) is 5.10 Å². The lowest BCUT2D eigenvalue weighted by Crippen LogP contribution is -2.42. The number of anilines is 1. The van der Waals surface area contributed by atoms with Crippen LogP contribution in [0.25, 0.3) is 11.3 Å². The molecule has 1 aliphatic rings. The Morgan fingerprint density at radius 3 is 2.67 bits per heavy atom. The summed E-state index contributed by atoms with van der Waals surface area (Å²) < 4.78 is 1.82.